The van der Waals surface area contributed by atoms with E-state index in [2.05, 4.69) is 10.4 Å². The Morgan fingerprint density at radius 3 is 2.81 bits per heavy atom. The van der Waals surface area contributed by atoms with Crippen LogP contribution in [0.1, 0.15) is 53.2 Å². The second kappa shape index (κ2) is 7.05. The lowest BCUT2D eigenvalue weighted by molar-refractivity contribution is 0.0697. The summed E-state index contributed by atoms with van der Waals surface area (Å²) in [5.41, 5.74) is 3.76. The van der Waals surface area contributed by atoms with Crippen molar-refractivity contribution >= 4 is 17.5 Å². The van der Waals surface area contributed by atoms with Gasteiger partial charge in [-0.1, -0.05) is 17.7 Å². The van der Waals surface area contributed by atoms with Crippen LogP contribution in [0, 0.1) is 6.92 Å². The molecule has 1 unspecified atom stereocenters. The van der Waals surface area contributed by atoms with E-state index in [4.69, 9.17) is 11.6 Å². The number of hydrogen-bond acceptors (Lipinski definition) is 3. The molecule has 1 aliphatic heterocycles. The molecule has 2 aliphatic rings. The Balaban J connectivity index is 1.68. The molecule has 1 N–H and O–H groups in total. The zero-order chi connectivity index (χ0) is 18.3. The summed E-state index contributed by atoms with van der Waals surface area (Å²) >= 11 is 6.31. The number of aryl methyl sites for hydroxylation is 1. The van der Waals surface area contributed by atoms with Crippen LogP contribution in [-0.2, 0) is 0 Å². The van der Waals surface area contributed by atoms with Crippen molar-refractivity contribution in [2.24, 2.45) is 0 Å². The summed E-state index contributed by atoms with van der Waals surface area (Å²) in [7, 11) is 1.97. The van der Waals surface area contributed by atoms with Crippen LogP contribution in [0.5, 0.6) is 0 Å². The Morgan fingerprint density at radius 2 is 2.12 bits per heavy atom. The largest absolute Gasteiger partial charge is 0.337 e. The average Bonchev–Trinajstić information content (AvgIpc) is 3.41. The third-order valence-electron chi connectivity index (χ3n) is 5.52. The minimum absolute atomic E-state index is 0.108. The van der Waals surface area contributed by atoms with Crippen LogP contribution in [0.2, 0.25) is 5.02 Å². The number of nitrogens with one attached hydrogen (secondary N) is 1. The third-order valence-corrected chi connectivity index (χ3v) is 5.92. The highest BCUT2D eigenvalue weighted by Crippen LogP contribution is 2.43. The quantitative estimate of drug-likeness (QED) is 0.893. The Bertz CT molecular complexity index is 827. The van der Waals surface area contributed by atoms with Gasteiger partial charge in [0.25, 0.3) is 5.91 Å². The molecule has 0 bridgehead atoms. The van der Waals surface area contributed by atoms with E-state index in [1.165, 1.54) is 0 Å². The smallest absolute Gasteiger partial charge is 0.257 e. The number of rotatable bonds is 4. The summed E-state index contributed by atoms with van der Waals surface area (Å²) in [6.07, 6.45) is 6.14. The van der Waals surface area contributed by atoms with E-state index in [9.17, 15) is 4.79 Å². The highest BCUT2D eigenvalue weighted by molar-refractivity contribution is 6.31. The molecule has 1 aliphatic carbocycles. The summed E-state index contributed by atoms with van der Waals surface area (Å²) in [5, 5.41) is 8.59. The third kappa shape index (κ3) is 3.26. The number of carbonyl (C=O) groups is 1. The van der Waals surface area contributed by atoms with Gasteiger partial charge < -0.3 is 10.2 Å². The predicted molar refractivity (Wildman–Crippen MR) is 103 cm³/mol. The minimum atomic E-state index is 0.108. The SMILES string of the molecule is CNC1CCCN(C(=O)c2cnn(-c3ccc(C)c(Cl)c3)c2C2CC2)C1. The molecular weight excluding hydrogens is 348 g/mol. The molecule has 1 amide bonds. The number of carbonyl (C=O) groups excluding carboxylic acids is 1. The van der Waals surface area contributed by atoms with Crippen molar-refractivity contribution in [3.63, 3.8) is 0 Å². The number of hydrogen-bond donors (Lipinski definition) is 1. The summed E-state index contributed by atoms with van der Waals surface area (Å²) < 4.78 is 1.91. The molecule has 5 nitrogen and oxygen atoms in total. The van der Waals surface area contributed by atoms with E-state index in [0.29, 0.717) is 12.0 Å². The summed E-state index contributed by atoms with van der Waals surface area (Å²) in [6, 6.07) is 6.33. The number of nitrogens with zero attached hydrogens (tertiary/aromatic N) is 3. The van der Waals surface area contributed by atoms with Crippen LogP contribution in [0.3, 0.4) is 0 Å². The Hall–Kier alpha value is -1.85. The molecule has 1 aromatic carbocycles. The van der Waals surface area contributed by atoms with E-state index >= 15 is 0 Å². The van der Waals surface area contributed by atoms with Crippen molar-refractivity contribution in [2.45, 2.75) is 44.6 Å². The lowest BCUT2D eigenvalue weighted by atomic mass is 10.0. The fourth-order valence-electron chi connectivity index (χ4n) is 3.76. The first-order valence-electron chi connectivity index (χ1n) is 9.39. The Morgan fingerprint density at radius 1 is 1.31 bits per heavy atom. The van der Waals surface area contributed by atoms with Gasteiger partial charge in [-0.2, -0.15) is 5.10 Å². The molecule has 26 heavy (non-hydrogen) atoms. The first-order chi connectivity index (χ1) is 12.6. The maximum atomic E-state index is 13.2. The van der Waals surface area contributed by atoms with Crippen molar-refractivity contribution < 1.29 is 4.79 Å². The van der Waals surface area contributed by atoms with Crippen LogP contribution in [-0.4, -0.2) is 46.8 Å². The lowest BCUT2D eigenvalue weighted by Crippen LogP contribution is -2.47. The van der Waals surface area contributed by atoms with Gasteiger partial charge in [-0.05, 0) is 57.4 Å². The van der Waals surface area contributed by atoms with Crippen LogP contribution < -0.4 is 5.32 Å². The van der Waals surface area contributed by atoms with Gasteiger partial charge in [0.15, 0.2) is 0 Å². The van der Waals surface area contributed by atoms with E-state index in [1.807, 2.05) is 41.8 Å². The van der Waals surface area contributed by atoms with Gasteiger partial charge in [0, 0.05) is 30.1 Å². The normalized spacial score (nSPS) is 20.4. The molecule has 1 saturated carbocycles. The number of benzene rings is 1. The van der Waals surface area contributed by atoms with Crippen LogP contribution in [0.4, 0.5) is 0 Å². The zero-order valence-electron chi connectivity index (χ0n) is 15.3. The molecule has 4 rings (SSSR count). The number of amides is 1. The molecule has 2 aromatic rings. The standard InChI is InChI=1S/C20H25ClN4O/c1-13-5-8-16(10-18(13)21)25-19(14-6-7-14)17(11-23-25)20(26)24-9-3-4-15(12-24)22-2/h5,8,10-11,14-15,22H,3-4,6-7,9,12H2,1-2H3. The van der Waals surface area contributed by atoms with Crippen LogP contribution in [0.15, 0.2) is 24.4 Å². The maximum Gasteiger partial charge on any atom is 0.257 e. The minimum Gasteiger partial charge on any atom is -0.337 e. The van der Waals surface area contributed by atoms with Crippen molar-refractivity contribution in [3.05, 3.63) is 46.2 Å². The predicted octanol–water partition coefficient (Wildman–Crippen LogP) is 3.54. The van der Waals surface area contributed by atoms with E-state index < -0.39 is 0 Å². The van der Waals surface area contributed by atoms with E-state index in [-0.39, 0.29) is 5.91 Å². The highest BCUT2D eigenvalue weighted by Gasteiger charge is 2.35. The van der Waals surface area contributed by atoms with Gasteiger partial charge in [0.05, 0.1) is 23.1 Å². The van der Waals surface area contributed by atoms with Crippen molar-refractivity contribution in [3.8, 4) is 5.69 Å². The summed E-state index contributed by atoms with van der Waals surface area (Å²) in [4.78, 5) is 15.2. The second-order valence-corrected chi connectivity index (χ2v) is 7.85. The average molecular weight is 373 g/mol. The number of halogens is 1. The molecule has 0 radical (unpaired) electrons. The van der Waals surface area contributed by atoms with Crippen molar-refractivity contribution in [1.29, 1.82) is 0 Å². The number of likely N-dealkylation sites (tertiary alicyclic amines) is 1. The van der Waals surface area contributed by atoms with Crippen LogP contribution >= 0.6 is 11.6 Å². The molecule has 6 heteroatoms. The first-order valence-corrected chi connectivity index (χ1v) is 9.77. The molecule has 2 heterocycles. The fraction of sp³-hybridized carbons (Fsp3) is 0.500. The van der Waals surface area contributed by atoms with E-state index in [1.54, 1.807) is 6.20 Å². The van der Waals surface area contributed by atoms with Gasteiger partial charge in [-0.15, -0.1) is 0 Å². The molecule has 138 valence electrons. The van der Waals surface area contributed by atoms with Crippen molar-refractivity contribution in [2.75, 3.05) is 20.1 Å². The Labute approximate surface area is 159 Å². The monoisotopic (exact) mass is 372 g/mol. The molecule has 0 spiro atoms. The molecule has 1 aromatic heterocycles. The van der Waals surface area contributed by atoms with Crippen LogP contribution in [0.25, 0.3) is 5.69 Å². The second-order valence-electron chi connectivity index (χ2n) is 7.44. The van der Waals surface area contributed by atoms with Gasteiger partial charge >= 0.3 is 0 Å². The van der Waals surface area contributed by atoms with Gasteiger partial charge in [0.2, 0.25) is 0 Å². The number of aromatic nitrogens is 2. The fourth-order valence-corrected chi connectivity index (χ4v) is 3.93. The van der Waals surface area contributed by atoms with Crippen molar-refractivity contribution in [1.82, 2.24) is 20.0 Å². The zero-order valence-corrected chi connectivity index (χ0v) is 16.1. The topological polar surface area (TPSA) is 50.2 Å². The molecule has 1 saturated heterocycles. The molecular formula is C20H25ClN4O. The highest BCUT2D eigenvalue weighted by atomic mass is 35.5. The molecule has 1 atom stereocenters. The number of piperidine rings is 1. The van der Waals surface area contributed by atoms with Gasteiger partial charge in [0.1, 0.15) is 0 Å². The van der Waals surface area contributed by atoms with Gasteiger partial charge in [-0.3, -0.25) is 4.79 Å². The Kier molecular flexibility index (Phi) is 4.76. The maximum absolute atomic E-state index is 13.2. The first kappa shape index (κ1) is 17.6. The van der Waals surface area contributed by atoms with E-state index in [0.717, 1.165) is 66.3 Å². The molecule has 2 fully saturated rings. The number of likely N-dealkylation sites (N-methyl/N-ethyl adjacent to an activating group) is 1. The summed E-state index contributed by atoms with van der Waals surface area (Å²) in [6.45, 7) is 3.57. The van der Waals surface area contributed by atoms with Gasteiger partial charge in [-0.25, -0.2) is 4.68 Å². The lowest BCUT2D eigenvalue weighted by Gasteiger charge is -2.32. The summed E-state index contributed by atoms with van der Waals surface area (Å²) in [5.74, 6) is 0.526.